The Morgan fingerprint density at radius 2 is 2.14 bits per heavy atom. The van der Waals surface area contributed by atoms with Crippen molar-refractivity contribution in [2.24, 2.45) is 0 Å². The van der Waals surface area contributed by atoms with Crippen LogP contribution >= 0.6 is 11.3 Å². The number of hydrogen-bond donors (Lipinski definition) is 2. The normalized spacial score (nSPS) is 12.5. The van der Waals surface area contributed by atoms with Gasteiger partial charge in [-0.1, -0.05) is 12.1 Å². The quantitative estimate of drug-likeness (QED) is 0.624. The topological polar surface area (TPSA) is 104 Å². The van der Waals surface area contributed by atoms with Crippen molar-refractivity contribution in [1.29, 1.82) is 5.26 Å². The molecule has 0 aliphatic carbocycles. The van der Waals surface area contributed by atoms with E-state index in [1.807, 2.05) is 18.2 Å². The van der Waals surface area contributed by atoms with Crippen LogP contribution in [0, 0.1) is 11.3 Å². The molecule has 1 aromatic heterocycles. The van der Waals surface area contributed by atoms with Gasteiger partial charge in [0.15, 0.2) is 5.57 Å². The molecular formula is C21H19N3O4S. The molecule has 1 heterocycles. The van der Waals surface area contributed by atoms with Crippen molar-refractivity contribution in [3.8, 4) is 11.8 Å². The molecule has 0 radical (unpaired) electrons. The van der Waals surface area contributed by atoms with E-state index in [0.717, 1.165) is 27.8 Å². The number of carbonyl (C=O) groups is 1. The number of anilines is 1. The SMILES string of the molecule is CCOC(=O)/C(C#N)=c1\s/c(=C/Nc2ccc3c(O)cccc3c2)c(=O)n1CC. The average Bonchev–Trinajstić information content (AvgIpc) is 3.02. The van der Waals surface area contributed by atoms with E-state index in [-0.39, 0.29) is 28.2 Å². The first-order valence-electron chi connectivity index (χ1n) is 8.99. The van der Waals surface area contributed by atoms with Crippen molar-refractivity contribution in [2.75, 3.05) is 11.9 Å². The van der Waals surface area contributed by atoms with Crippen LogP contribution in [-0.4, -0.2) is 22.2 Å². The number of esters is 1. The van der Waals surface area contributed by atoms with Crippen molar-refractivity contribution in [1.82, 2.24) is 4.57 Å². The molecule has 0 saturated carbocycles. The van der Waals surface area contributed by atoms with Gasteiger partial charge in [0.25, 0.3) is 5.56 Å². The predicted molar refractivity (Wildman–Crippen MR) is 113 cm³/mol. The second kappa shape index (κ2) is 8.63. The summed E-state index contributed by atoms with van der Waals surface area (Å²) in [6, 6.07) is 12.5. The lowest BCUT2D eigenvalue weighted by Gasteiger charge is -2.04. The van der Waals surface area contributed by atoms with Crippen LogP contribution in [-0.2, 0) is 16.1 Å². The van der Waals surface area contributed by atoms with Crippen molar-refractivity contribution >= 4 is 45.5 Å². The monoisotopic (exact) mass is 409 g/mol. The molecule has 0 aliphatic heterocycles. The summed E-state index contributed by atoms with van der Waals surface area (Å²) in [5, 5.41) is 23.9. The number of benzene rings is 2. The summed E-state index contributed by atoms with van der Waals surface area (Å²) in [7, 11) is 0. The molecule has 0 spiro atoms. The minimum atomic E-state index is -0.743. The zero-order valence-electron chi connectivity index (χ0n) is 15.9. The van der Waals surface area contributed by atoms with Gasteiger partial charge in [-0.05, 0) is 43.5 Å². The number of hydrogen-bond acceptors (Lipinski definition) is 7. The van der Waals surface area contributed by atoms with Gasteiger partial charge in [-0.2, -0.15) is 5.26 Å². The van der Waals surface area contributed by atoms with Crippen LogP contribution in [0.15, 0.2) is 41.2 Å². The Labute approximate surface area is 170 Å². The van der Waals surface area contributed by atoms with E-state index >= 15 is 0 Å². The van der Waals surface area contributed by atoms with Gasteiger partial charge in [0.1, 0.15) is 21.0 Å². The smallest absolute Gasteiger partial charge is 0.351 e. The standard InChI is InChI=1S/C21H19N3O4S/c1-3-24-19(26)18(29-20(24)16(11-22)21(27)28-4-2)12-23-14-8-9-15-13(10-14)6-5-7-17(15)25/h5-10,12,23,25H,3-4H2,1-2H3/b18-12+,20-16-. The molecule has 0 aliphatic rings. The van der Waals surface area contributed by atoms with Crippen LogP contribution in [0.2, 0.25) is 0 Å². The van der Waals surface area contributed by atoms with E-state index in [0.29, 0.717) is 11.1 Å². The summed E-state index contributed by atoms with van der Waals surface area (Å²) < 4.78 is 6.93. The number of ether oxygens (including phenoxy) is 1. The van der Waals surface area contributed by atoms with Crippen LogP contribution in [0.4, 0.5) is 5.69 Å². The number of aromatic nitrogens is 1. The maximum atomic E-state index is 12.7. The van der Waals surface area contributed by atoms with E-state index in [1.165, 1.54) is 4.57 Å². The Balaban J connectivity index is 2.07. The average molecular weight is 409 g/mol. The van der Waals surface area contributed by atoms with Crippen LogP contribution in [0.25, 0.3) is 22.5 Å². The second-order valence-corrected chi connectivity index (χ2v) is 7.06. The van der Waals surface area contributed by atoms with Gasteiger partial charge in [-0.25, -0.2) is 4.79 Å². The number of rotatable bonds is 5. The van der Waals surface area contributed by atoms with Gasteiger partial charge in [0.2, 0.25) is 0 Å². The molecule has 2 N–H and O–H groups in total. The van der Waals surface area contributed by atoms with Crippen molar-refractivity contribution in [3.05, 3.63) is 55.9 Å². The lowest BCUT2D eigenvalue weighted by Crippen LogP contribution is -2.32. The van der Waals surface area contributed by atoms with E-state index in [9.17, 15) is 20.0 Å². The number of carbonyl (C=O) groups excluding carboxylic acids is 1. The summed E-state index contributed by atoms with van der Waals surface area (Å²) in [6.07, 6.45) is 1.55. The van der Waals surface area contributed by atoms with Crippen LogP contribution in [0.3, 0.4) is 0 Å². The molecule has 3 aromatic rings. The minimum absolute atomic E-state index is 0.143. The molecule has 0 bridgehead atoms. The zero-order valence-corrected chi connectivity index (χ0v) is 16.7. The number of nitrogens with zero attached hydrogens (tertiary/aromatic N) is 2. The van der Waals surface area contributed by atoms with Gasteiger partial charge >= 0.3 is 5.97 Å². The summed E-state index contributed by atoms with van der Waals surface area (Å²) in [5.41, 5.74) is 0.252. The Morgan fingerprint density at radius 1 is 1.34 bits per heavy atom. The zero-order chi connectivity index (χ0) is 21.0. The Morgan fingerprint density at radius 3 is 2.83 bits per heavy atom. The highest BCUT2D eigenvalue weighted by Gasteiger charge is 2.16. The number of thiazole rings is 1. The fraction of sp³-hybridized carbons (Fsp3) is 0.190. The van der Waals surface area contributed by atoms with Crippen LogP contribution in [0.5, 0.6) is 5.75 Å². The van der Waals surface area contributed by atoms with Gasteiger partial charge in [0, 0.05) is 23.8 Å². The Kier molecular flexibility index (Phi) is 6.00. The first kappa shape index (κ1) is 20.2. The minimum Gasteiger partial charge on any atom is -0.507 e. The third-order valence-electron chi connectivity index (χ3n) is 4.26. The summed E-state index contributed by atoms with van der Waals surface area (Å²) in [6.45, 7) is 3.88. The first-order chi connectivity index (χ1) is 14.0. The van der Waals surface area contributed by atoms with Gasteiger partial charge in [-0.3, -0.25) is 9.36 Å². The fourth-order valence-corrected chi connectivity index (χ4v) is 3.96. The Bertz CT molecular complexity index is 1300. The molecule has 0 atom stereocenters. The number of phenolic OH excluding ortho intramolecular Hbond substituents is 1. The predicted octanol–water partition coefficient (Wildman–Crippen LogP) is 1.88. The fourth-order valence-electron chi connectivity index (χ4n) is 2.88. The van der Waals surface area contributed by atoms with Crippen LogP contribution < -0.4 is 20.1 Å². The van der Waals surface area contributed by atoms with E-state index in [2.05, 4.69) is 5.32 Å². The number of fused-ring (bicyclic) bond motifs is 1. The highest BCUT2D eigenvalue weighted by Crippen LogP contribution is 2.26. The van der Waals surface area contributed by atoms with Crippen molar-refractivity contribution in [3.63, 3.8) is 0 Å². The molecule has 7 nitrogen and oxygen atoms in total. The molecule has 8 heteroatoms. The lowest BCUT2D eigenvalue weighted by atomic mass is 10.1. The summed E-state index contributed by atoms with van der Waals surface area (Å²) in [5.74, 6) is -0.544. The van der Waals surface area contributed by atoms with Crippen LogP contribution in [0.1, 0.15) is 13.8 Å². The lowest BCUT2D eigenvalue weighted by molar-refractivity contribution is -0.136. The molecule has 0 fully saturated rings. The number of phenols is 1. The molecular weight excluding hydrogens is 390 g/mol. The maximum absolute atomic E-state index is 12.7. The molecule has 2 aromatic carbocycles. The second-order valence-electron chi connectivity index (χ2n) is 6.03. The highest BCUT2D eigenvalue weighted by molar-refractivity contribution is 7.07. The largest absolute Gasteiger partial charge is 0.507 e. The summed E-state index contributed by atoms with van der Waals surface area (Å²) in [4.78, 5) is 24.8. The highest BCUT2D eigenvalue weighted by atomic mass is 32.1. The van der Waals surface area contributed by atoms with Gasteiger partial charge in [0.05, 0.1) is 6.61 Å². The van der Waals surface area contributed by atoms with Gasteiger partial charge in [-0.15, -0.1) is 11.3 Å². The molecule has 29 heavy (non-hydrogen) atoms. The molecule has 148 valence electrons. The van der Waals surface area contributed by atoms with E-state index in [1.54, 1.807) is 44.3 Å². The third-order valence-corrected chi connectivity index (χ3v) is 5.39. The number of nitrogens with one attached hydrogen (secondary N) is 1. The molecule has 0 saturated heterocycles. The maximum Gasteiger partial charge on any atom is 0.351 e. The summed E-state index contributed by atoms with van der Waals surface area (Å²) >= 11 is 1.05. The molecule has 0 unspecified atom stereocenters. The third kappa shape index (κ3) is 4.00. The van der Waals surface area contributed by atoms with E-state index in [4.69, 9.17) is 4.74 Å². The molecule has 3 rings (SSSR count). The number of nitriles is 1. The van der Waals surface area contributed by atoms with Gasteiger partial charge < -0.3 is 15.2 Å². The van der Waals surface area contributed by atoms with E-state index < -0.39 is 5.97 Å². The Hall–Kier alpha value is -3.57. The molecule has 0 amide bonds. The van der Waals surface area contributed by atoms with Crippen molar-refractivity contribution < 1.29 is 14.6 Å². The van der Waals surface area contributed by atoms with Crippen molar-refractivity contribution in [2.45, 2.75) is 20.4 Å². The number of aromatic hydroxyl groups is 1. The first-order valence-corrected chi connectivity index (χ1v) is 9.81.